The number of aromatic nitrogens is 4. The number of hydrogen-bond acceptors (Lipinski definition) is 10. The van der Waals surface area contributed by atoms with Gasteiger partial charge < -0.3 is 20.3 Å². The van der Waals surface area contributed by atoms with Crippen LogP contribution in [0.3, 0.4) is 0 Å². The molecule has 1 saturated heterocycles. The van der Waals surface area contributed by atoms with Gasteiger partial charge in [-0.25, -0.2) is 15.0 Å². The summed E-state index contributed by atoms with van der Waals surface area (Å²) in [4.78, 5) is 29.8. The van der Waals surface area contributed by atoms with Gasteiger partial charge in [0.2, 0.25) is 0 Å². The molecule has 3 heterocycles. The van der Waals surface area contributed by atoms with E-state index in [0.717, 1.165) is 32.4 Å². The molecule has 1 aliphatic heterocycles. The lowest BCUT2D eigenvalue weighted by atomic mass is 9.73. The summed E-state index contributed by atoms with van der Waals surface area (Å²) in [5.41, 5.74) is 8.02. The van der Waals surface area contributed by atoms with Crippen molar-refractivity contribution in [1.82, 2.24) is 24.2 Å². The lowest BCUT2D eigenvalue weighted by molar-refractivity contribution is 0.0603. The Balaban J connectivity index is 1.19. The normalized spacial score (nSPS) is 18.7. The second kappa shape index (κ2) is 12.3. The smallest absolute Gasteiger partial charge is 0.262 e. The van der Waals surface area contributed by atoms with E-state index in [1.165, 1.54) is 33.8 Å². The molecule has 6 rings (SSSR count). The Kier molecular flexibility index (Phi) is 8.83. The van der Waals surface area contributed by atoms with Crippen LogP contribution in [0.15, 0.2) is 63.6 Å². The number of nitrogens with zero attached hydrogens (tertiary/aromatic N) is 5. The molecule has 2 aliphatic rings. The number of nitrogens with one attached hydrogen (secondary N) is 1. The molecule has 10 nitrogen and oxygen atoms in total. The minimum Gasteiger partial charge on any atom is -0.598 e. The summed E-state index contributed by atoms with van der Waals surface area (Å²) in [6, 6.07) is 12.0. The van der Waals surface area contributed by atoms with E-state index in [2.05, 4.69) is 43.9 Å². The van der Waals surface area contributed by atoms with Crippen molar-refractivity contribution in [1.29, 1.82) is 0 Å². The van der Waals surface area contributed by atoms with Gasteiger partial charge in [-0.05, 0) is 77.1 Å². The monoisotopic (exact) mass is 681 g/mol. The van der Waals surface area contributed by atoms with Gasteiger partial charge in [0.1, 0.15) is 15.6 Å². The highest BCUT2D eigenvalue weighted by molar-refractivity contribution is 7.99. The van der Waals surface area contributed by atoms with Gasteiger partial charge in [0, 0.05) is 34.8 Å². The van der Waals surface area contributed by atoms with Crippen LogP contribution in [0, 0.1) is 5.41 Å². The predicted molar refractivity (Wildman–Crippen MR) is 186 cm³/mol. The van der Waals surface area contributed by atoms with Gasteiger partial charge in [-0.2, -0.15) is 0 Å². The number of aliphatic hydroxyl groups is 1. The average Bonchev–Trinajstić information content (AvgIpc) is 3.28. The number of fused-ring (bicyclic) bond motifs is 2. The van der Waals surface area contributed by atoms with Crippen LogP contribution in [0.1, 0.15) is 64.6 Å². The van der Waals surface area contributed by atoms with Gasteiger partial charge in [-0.3, -0.25) is 9.36 Å². The Hall–Kier alpha value is -2.87. The molecular formula is C33H40ClN7O3S2. The summed E-state index contributed by atoms with van der Waals surface area (Å²) >= 11 is 6.80. The van der Waals surface area contributed by atoms with Crippen LogP contribution in [0.4, 0.5) is 11.6 Å². The maximum atomic E-state index is 13.2. The first-order valence-electron chi connectivity index (χ1n) is 15.4. The first-order chi connectivity index (χ1) is 21.6. The van der Waals surface area contributed by atoms with E-state index in [1.807, 2.05) is 20.8 Å². The van der Waals surface area contributed by atoms with Crippen LogP contribution in [0.5, 0.6) is 0 Å². The van der Waals surface area contributed by atoms with Crippen molar-refractivity contribution in [2.24, 2.45) is 5.41 Å². The van der Waals surface area contributed by atoms with Crippen LogP contribution in [0.25, 0.3) is 10.9 Å². The van der Waals surface area contributed by atoms with Crippen LogP contribution in [-0.4, -0.2) is 52.6 Å². The van der Waals surface area contributed by atoms with Crippen molar-refractivity contribution < 1.29 is 9.66 Å². The van der Waals surface area contributed by atoms with Crippen molar-refractivity contribution in [3.05, 3.63) is 75.4 Å². The average molecular weight is 682 g/mol. The standard InChI is InChI=1S/C33H40ClN7O3S2/c1-31(2,3)46(44)39-27-21-9-7-6-8-20(21)16-33(27)12-14-40(15-13-33)24-17-36-29(28(35)38-24)45-23-11-10-22-25(26(23)34)30(42)41(19-37-22)18-32(4,5)43/h6-11,17,19,27,39,43H,12-16,18H2,1-5H3,(H2,35,38)/t27-,46-/m1/s1. The van der Waals surface area contributed by atoms with Crippen LogP contribution in [0.2, 0.25) is 5.02 Å². The van der Waals surface area contributed by atoms with Gasteiger partial charge in [-0.1, -0.05) is 47.6 Å². The number of nitrogens with two attached hydrogens (primary N) is 1. The summed E-state index contributed by atoms with van der Waals surface area (Å²) in [5.74, 6) is 0.983. The van der Waals surface area contributed by atoms with Gasteiger partial charge in [0.15, 0.2) is 5.82 Å². The van der Waals surface area contributed by atoms with Gasteiger partial charge in [0.25, 0.3) is 5.56 Å². The molecule has 1 spiro atoms. The molecule has 46 heavy (non-hydrogen) atoms. The first kappa shape index (κ1) is 33.0. The highest BCUT2D eigenvalue weighted by Crippen LogP contribution is 2.53. The molecule has 4 aromatic rings. The van der Waals surface area contributed by atoms with Gasteiger partial charge in [-0.15, -0.1) is 4.72 Å². The summed E-state index contributed by atoms with van der Waals surface area (Å²) in [5, 5.41) is 11.2. The second-order valence-electron chi connectivity index (χ2n) is 13.9. The molecule has 1 aliphatic carbocycles. The van der Waals surface area contributed by atoms with E-state index in [-0.39, 0.29) is 44.5 Å². The van der Waals surface area contributed by atoms with E-state index >= 15 is 0 Å². The molecule has 4 N–H and O–H groups in total. The Labute approximate surface area is 281 Å². The lowest BCUT2D eigenvalue weighted by Crippen LogP contribution is -2.49. The Morgan fingerprint density at radius 3 is 2.54 bits per heavy atom. The fourth-order valence-corrected chi connectivity index (χ4v) is 8.51. The summed E-state index contributed by atoms with van der Waals surface area (Å²) in [6.45, 7) is 10.9. The topological polar surface area (TPSA) is 145 Å². The molecule has 0 unspecified atom stereocenters. The predicted octanol–water partition coefficient (Wildman–Crippen LogP) is 5.28. The van der Waals surface area contributed by atoms with E-state index in [0.29, 0.717) is 21.3 Å². The summed E-state index contributed by atoms with van der Waals surface area (Å²) < 4.78 is 17.7. The number of hydrogen-bond donors (Lipinski definition) is 3. The van der Waals surface area contributed by atoms with Crippen LogP contribution < -0.4 is 20.9 Å². The minimum atomic E-state index is -1.19. The maximum absolute atomic E-state index is 13.2. The van der Waals surface area contributed by atoms with Crippen molar-refractivity contribution >= 4 is 57.3 Å². The number of benzene rings is 2. The molecule has 2 aromatic carbocycles. The minimum absolute atomic E-state index is 0.0157. The largest absolute Gasteiger partial charge is 0.598 e. The van der Waals surface area contributed by atoms with Crippen LogP contribution in [-0.2, 0) is 24.3 Å². The molecule has 0 amide bonds. The number of piperidine rings is 1. The Morgan fingerprint density at radius 2 is 1.87 bits per heavy atom. The maximum Gasteiger partial charge on any atom is 0.262 e. The van der Waals surface area contributed by atoms with E-state index in [1.54, 1.807) is 32.2 Å². The molecule has 2 aromatic heterocycles. The Morgan fingerprint density at radius 1 is 1.15 bits per heavy atom. The quantitative estimate of drug-likeness (QED) is 0.220. The third-order valence-electron chi connectivity index (χ3n) is 8.80. The molecule has 0 bridgehead atoms. The first-order valence-corrected chi connectivity index (χ1v) is 17.7. The van der Waals surface area contributed by atoms with Crippen LogP contribution >= 0.6 is 23.4 Å². The molecule has 0 saturated carbocycles. The zero-order valence-electron chi connectivity index (χ0n) is 26.7. The van der Waals surface area contributed by atoms with Crippen molar-refractivity contribution in [2.45, 2.75) is 86.7 Å². The lowest BCUT2D eigenvalue weighted by Gasteiger charge is -2.44. The number of halogens is 1. The van der Waals surface area contributed by atoms with E-state index in [9.17, 15) is 14.5 Å². The zero-order chi connectivity index (χ0) is 33.0. The fraction of sp³-hybridized carbons (Fsp3) is 0.455. The highest BCUT2D eigenvalue weighted by Gasteiger charge is 2.50. The molecule has 13 heteroatoms. The molecule has 244 valence electrons. The highest BCUT2D eigenvalue weighted by atomic mass is 35.5. The molecule has 0 radical (unpaired) electrons. The zero-order valence-corrected chi connectivity index (χ0v) is 29.1. The van der Waals surface area contributed by atoms with E-state index < -0.39 is 17.0 Å². The number of anilines is 2. The molecule has 2 atom stereocenters. The third-order valence-corrected chi connectivity index (χ3v) is 11.9. The van der Waals surface area contributed by atoms with Gasteiger partial charge in [0.05, 0.1) is 46.6 Å². The van der Waals surface area contributed by atoms with Crippen molar-refractivity contribution in [3.63, 3.8) is 0 Å². The van der Waals surface area contributed by atoms with Gasteiger partial charge >= 0.3 is 0 Å². The van der Waals surface area contributed by atoms with E-state index in [4.69, 9.17) is 22.3 Å². The number of rotatable bonds is 7. The Bertz CT molecular complexity index is 1830. The number of nitrogen functional groups attached to an aromatic ring is 1. The molecular weight excluding hydrogens is 642 g/mol. The molecule has 1 fully saturated rings. The second-order valence-corrected chi connectivity index (χ2v) is 17.3. The van der Waals surface area contributed by atoms with Crippen molar-refractivity contribution in [2.75, 3.05) is 23.7 Å². The van der Waals surface area contributed by atoms with Crippen molar-refractivity contribution in [3.8, 4) is 0 Å². The summed E-state index contributed by atoms with van der Waals surface area (Å²) in [6.07, 6.45) is 5.92. The fourth-order valence-electron chi connectivity index (χ4n) is 6.42. The SMILES string of the molecule is CC(C)(O)Cn1cnc2ccc(Sc3ncc(N4CCC5(CC4)Cc4ccccc4[C@H]5N[S@+]([O-])C(C)(C)C)nc3N)c(Cl)c2c1=O. The third kappa shape index (κ3) is 6.48. The summed E-state index contributed by atoms with van der Waals surface area (Å²) in [7, 11) is 0.